The summed E-state index contributed by atoms with van der Waals surface area (Å²) in [5.41, 5.74) is 2.36. The van der Waals surface area contributed by atoms with Crippen LogP contribution in [0.5, 0.6) is 0 Å². The third-order valence-corrected chi connectivity index (χ3v) is 6.13. The Morgan fingerprint density at radius 2 is 1.67 bits per heavy atom. The number of amides is 1. The summed E-state index contributed by atoms with van der Waals surface area (Å²) in [6.07, 6.45) is -3.26. The van der Waals surface area contributed by atoms with E-state index in [1.807, 2.05) is 30.3 Å². The van der Waals surface area contributed by atoms with Crippen molar-refractivity contribution in [2.45, 2.75) is 19.5 Å². The topological polar surface area (TPSA) is 72.1 Å². The summed E-state index contributed by atoms with van der Waals surface area (Å²) < 4.78 is 38.7. The van der Waals surface area contributed by atoms with Gasteiger partial charge in [0.1, 0.15) is 11.5 Å². The number of hydrogen-bond donors (Lipinski definition) is 1. The van der Waals surface area contributed by atoms with Gasteiger partial charge in [-0.25, -0.2) is 20.8 Å². The van der Waals surface area contributed by atoms with Gasteiger partial charge in [-0.1, -0.05) is 59.6 Å². The maximum absolute atomic E-state index is 12.9. The van der Waals surface area contributed by atoms with Crippen molar-refractivity contribution in [1.29, 1.82) is 0 Å². The molecule has 0 saturated carbocycles. The fourth-order valence-electron chi connectivity index (χ4n) is 3.65. The van der Waals surface area contributed by atoms with Gasteiger partial charge in [0.25, 0.3) is 0 Å². The van der Waals surface area contributed by atoms with Gasteiger partial charge in [0, 0.05) is 33.1 Å². The number of nitrogens with zero attached hydrogens (tertiary/aromatic N) is 3. The minimum atomic E-state index is -4.57. The molecular weight excluding hydrogens is 512 g/mol. The van der Waals surface area contributed by atoms with Crippen LogP contribution in [0.1, 0.15) is 17.0 Å². The summed E-state index contributed by atoms with van der Waals surface area (Å²) in [5.74, 6) is 5.68. The van der Waals surface area contributed by atoms with E-state index in [1.165, 1.54) is 13.0 Å². The smallest absolute Gasteiger partial charge is 0.273 e. The van der Waals surface area contributed by atoms with Crippen LogP contribution in [0.3, 0.4) is 0 Å². The van der Waals surface area contributed by atoms with E-state index in [0.29, 0.717) is 21.2 Å². The molecule has 10 heteroatoms. The first-order valence-corrected chi connectivity index (χ1v) is 11.4. The number of aryl methyl sites for hydroxylation is 1. The summed E-state index contributed by atoms with van der Waals surface area (Å²) in [6.45, 7) is 1.41. The fourth-order valence-corrected chi connectivity index (χ4v) is 4.01. The van der Waals surface area contributed by atoms with E-state index in [4.69, 9.17) is 29.0 Å². The van der Waals surface area contributed by atoms with Crippen LogP contribution in [0.2, 0.25) is 10.0 Å². The van der Waals surface area contributed by atoms with Crippen molar-refractivity contribution in [1.82, 2.24) is 9.97 Å². The van der Waals surface area contributed by atoms with Crippen molar-refractivity contribution >= 4 is 34.9 Å². The molecule has 0 aliphatic heterocycles. The van der Waals surface area contributed by atoms with Gasteiger partial charge in [0.05, 0.1) is 6.42 Å². The van der Waals surface area contributed by atoms with Gasteiger partial charge < -0.3 is 0 Å². The highest BCUT2D eigenvalue weighted by molar-refractivity contribution is 6.33. The number of carbonyl (C=O) groups excluding carboxylic acids is 1. The quantitative estimate of drug-likeness (QED) is 0.173. The molecule has 2 aromatic heterocycles. The predicted octanol–water partition coefficient (Wildman–Crippen LogP) is 6.89. The standard InChI is InChI=1S/C26H19Cl2F3N4O/c1-15-17(8-11-23(34-15)26(29,30)31)12-25(36)35(32)24-13-20(16-6-9-18(27)10-7-16)21(14-33-24)19-4-2-3-5-22(19)28/h2-11,13-14H,12,32H2,1H3. The summed E-state index contributed by atoms with van der Waals surface area (Å²) in [5, 5.41) is 1.95. The number of halogens is 5. The number of pyridine rings is 2. The molecule has 0 saturated heterocycles. The van der Waals surface area contributed by atoms with Crippen LogP contribution in [0.25, 0.3) is 22.3 Å². The molecule has 5 nitrogen and oxygen atoms in total. The lowest BCUT2D eigenvalue weighted by molar-refractivity contribution is -0.141. The average molecular weight is 531 g/mol. The summed E-state index contributed by atoms with van der Waals surface area (Å²) in [4.78, 5) is 20.9. The van der Waals surface area contributed by atoms with E-state index in [1.54, 1.807) is 30.5 Å². The highest BCUT2D eigenvalue weighted by atomic mass is 35.5. The lowest BCUT2D eigenvalue weighted by Gasteiger charge is -2.19. The van der Waals surface area contributed by atoms with Crippen LogP contribution in [-0.4, -0.2) is 15.9 Å². The lowest BCUT2D eigenvalue weighted by Crippen LogP contribution is -2.39. The molecule has 0 aliphatic carbocycles. The Morgan fingerprint density at radius 1 is 0.972 bits per heavy atom. The Hall–Kier alpha value is -3.46. The monoisotopic (exact) mass is 530 g/mol. The molecule has 2 N–H and O–H groups in total. The maximum Gasteiger partial charge on any atom is 0.433 e. The Bertz CT molecular complexity index is 1430. The summed E-state index contributed by atoms with van der Waals surface area (Å²) in [7, 11) is 0. The molecular formula is C26H19Cl2F3N4O. The van der Waals surface area contributed by atoms with Crippen molar-refractivity contribution in [3.8, 4) is 22.3 Å². The van der Waals surface area contributed by atoms with Crippen molar-refractivity contribution in [2.24, 2.45) is 5.84 Å². The van der Waals surface area contributed by atoms with Crippen molar-refractivity contribution in [2.75, 3.05) is 5.01 Å². The lowest BCUT2D eigenvalue weighted by atomic mass is 9.96. The third kappa shape index (κ3) is 5.51. The fraction of sp³-hybridized carbons (Fsp3) is 0.115. The maximum atomic E-state index is 12.9. The second-order valence-corrected chi connectivity index (χ2v) is 8.80. The van der Waals surface area contributed by atoms with Crippen LogP contribution in [0.15, 0.2) is 72.9 Å². The van der Waals surface area contributed by atoms with Crippen molar-refractivity contribution in [3.63, 3.8) is 0 Å². The first-order chi connectivity index (χ1) is 17.0. The first-order valence-electron chi connectivity index (χ1n) is 10.7. The molecule has 0 unspecified atom stereocenters. The minimum Gasteiger partial charge on any atom is -0.273 e. The van der Waals surface area contributed by atoms with E-state index in [0.717, 1.165) is 27.8 Å². The molecule has 184 valence electrons. The SMILES string of the molecule is Cc1nc(C(F)(F)F)ccc1CC(=O)N(N)c1cc(-c2ccc(Cl)cc2)c(-c2ccccc2Cl)cn1. The second-order valence-electron chi connectivity index (χ2n) is 7.95. The number of carbonyl (C=O) groups is 1. The second kappa shape index (κ2) is 10.3. The van der Waals surface area contributed by atoms with Crippen LogP contribution in [0, 0.1) is 6.92 Å². The van der Waals surface area contributed by atoms with Crippen molar-refractivity contribution < 1.29 is 18.0 Å². The molecule has 0 atom stereocenters. The third-order valence-electron chi connectivity index (χ3n) is 5.55. The van der Waals surface area contributed by atoms with Gasteiger partial charge in [-0.3, -0.25) is 4.79 Å². The number of aromatic nitrogens is 2. The molecule has 0 spiro atoms. The number of alkyl halides is 3. The van der Waals surface area contributed by atoms with Gasteiger partial charge in [-0.05, 0) is 53.9 Å². The van der Waals surface area contributed by atoms with Gasteiger partial charge in [-0.2, -0.15) is 13.2 Å². The van der Waals surface area contributed by atoms with Crippen LogP contribution < -0.4 is 10.9 Å². The molecule has 1 amide bonds. The van der Waals surface area contributed by atoms with Crippen LogP contribution in [0.4, 0.5) is 19.0 Å². The summed E-state index contributed by atoms with van der Waals surface area (Å²) in [6, 6.07) is 18.1. The largest absolute Gasteiger partial charge is 0.433 e. The molecule has 0 fully saturated rings. The zero-order valence-corrected chi connectivity index (χ0v) is 20.4. The minimum absolute atomic E-state index is 0.0930. The van der Waals surface area contributed by atoms with E-state index < -0.39 is 17.8 Å². The highest BCUT2D eigenvalue weighted by Gasteiger charge is 2.32. The number of hydrazine groups is 1. The molecule has 36 heavy (non-hydrogen) atoms. The number of benzene rings is 2. The Morgan fingerprint density at radius 3 is 2.31 bits per heavy atom. The molecule has 0 bridgehead atoms. The van der Waals surface area contributed by atoms with Crippen LogP contribution >= 0.6 is 23.2 Å². The van der Waals surface area contributed by atoms with Gasteiger partial charge in [0.15, 0.2) is 0 Å². The Balaban J connectivity index is 1.68. The van der Waals surface area contributed by atoms with Gasteiger partial charge in [-0.15, -0.1) is 0 Å². The predicted molar refractivity (Wildman–Crippen MR) is 134 cm³/mol. The normalized spacial score (nSPS) is 11.4. The number of hydrogen-bond acceptors (Lipinski definition) is 4. The van der Waals surface area contributed by atoms with Gasteiger partial charge >= 0.3 is 6.18 Å². The molecule has 0 aliphatic rings. The number of nitrogens with two attached hydrogens (primary N) is 1. The first kappa shape index (κ1) is 25.6. The number of anilines is 1. The van der Waals surface area contributed by atoms with E-state index in [2.05, 4.69) is 9.97 Å². The Labute approximate surface area is 215 Å². The average Bonchev–Trinajstić information content (AvgIpc) is 2.84. The van der Waals surface area contributed by atoms with E-state index >= 15 is 0 Å². The molecule has 4 aromatic rings. The molecule has 4 rings (SSSR count). The van der Waals surface area contributed by atoms with E-state index in [-0.39, 0.29) is 17.9 Å². The van der Waals surface area contributed by atoms with E-state index in [9.17, 15) is 18.0 Å². The molecule has 2 aromatic carbocycles. The van der Waals surface area contributed by atoms with Crippen LogP contribution in [-0.2, 0) is 17.4 Å². The van der Waals surface area contributed by atoms with Gasteiger partial charge in [0.2, 0.25) is 5.91 Å². The van der Waals surface area contributed by atoms with Crippen molar-refractivity contribution in [3.05, 3.63) is 99.9 Å². The molecule has 0 radical (unpaired) electrons. The Kier molecular flexibility index (Phi) is 7.31. The summed E-state index contributed by atoms with van der Waals surface area (Å²) >= 11 is 12.5. The number of rotatable bonds is 5. The zero-order valence-electron chi connectivity index (χ0n) is 18.9. The zero-order chi connectivity index (χ0) is 26.0. The molecule has 2 heterocycles. The highest BCUT2D eigenvalue weighted by Crippen LogP contribution is 2.37.